The van der Waals surface area contributed by atoms with Crippen molar-refractivity contribution in [1.82, 2.24) is 19.7 Å². The van der Waals surface area contributed by atoms with Crippen molar-refractivity contribution in [2.75, 3.05) is 18.8 Å². The fourth-order valence-corrected chi connectivity index (χ4v) is 1.70. The lowest BCUT2D eigenvalue weighted by Crippen LogP contribution is -2.34. The monoisotopic (exact) mass is 240 g/mol. The van der Waals surface area contributed by atoms with Gasteiger partial charge in [-0.15, -0.1) is 11.7 Å². The topological polar surface area (TPSA) is 51.0 Å². The predicted molar refractivity (Wildman–Crippen MR) is 64.7 cm³/mol. The molecule has 16 heavy (non-hydrogen) atoms. The summed E-state index contributed by atoms with van der Waals surface area (Å²) in [4.78, 5) is 17.6. The number of rotatable bonds is 5. The van der Waals surface area contributed by atoms with E-state index in [0.29, 0.717) is 18.2 Å². The van der Waals surface area contributed by atoms with E-state index in [-0.39, 0.29) is 6.03 Å². The molecule has 6 heteroatoms. The summed E-state index contributed by atoms with van der Waals surface area (Å²) in [6.07, 6.45) is 3.14. The molecule has 0 unspecified atom stereocenters. The number of carbonyl (C=O) groups excluding carboxylic acids is 1. The summed E-state index contributed by atoms with van der Waals surface area (Å²) in [5, 5.41) is 4.72. The van der Waals surface area contributed by atoms with Crippen LogP contribution in [-0.4, -0.2) is 44.5 Å². The SMILES string of the molecule is C=CCN(CC)C(=O)n1cnc(SCC)n1. The van der Waals surface area contributed by atoms with Gasteiger partial charge in [-0.25, -0.2) is 9.78 Å². The molecule has 1 rings (SSSR count). The van der Waals surface area contributed by atoms with Gasteiger partial charge in [0.2, 0.25) is 5.16 Å². The molecule has 0 fully saturated rings. The van der Waals surface area contributed by atoms with Crippen molar-refractivity contribution in [1.29, 1.82) is 0 Å². The Bertz CT molecular complexity index is 363. The van der Waals surface area contributed by atoms with E-state index in [1.54, 1.807) is 11.0 Å². The molecule has 0 N–H and O–H groups in total. The Kier molecular flexibility index (Phi) is 5.04. The highest BCUT2D eigenvalue weighted by atomic mass is 32.2. The summed E-state index contributed by atoms with van der Waals surface area (Å²) in [5.74, 6) is 0.891. The van der Waals surface area contributed by atoms with E-state index in [2.05, 4.69) is 16.7 Å². The number of nitrogens with zero attached hydrogens (tertiary/aromatic N) is 4. The molecule has 1 heterocycles. The van der Waals surface area contributed by atoms with Crippen LogP contribution in [0.3, 0.4) is 0 Å². The van der Waals surface area contributed by atoms with Gasteiger partial charge < -0.3 is 4.90 Å². The summed E-state index contributed by atoms with van der Waals surface area (Å²) < 4.78 is 1.27. The van der Waals surface area contributed by atoms with Gasteiger partial charge in [-0.1, -0.05) is 24.8 Å². The zero-order valence-corrected chi connectivity index (χ0v) is 10.4. The van der Waals surface area contributed by atoms with Gasteiger partial charge in [0.1, 0.15) is 6.33 Å². The molecule has 0 spiro atoms. The molecular weight excluding hydrogens is 224 g/mol. The third-order valence-electron chi connectivity index (χ3n) is 1.94. The van der Waals surface area contributed by atoms with Crippen LogP contribution in [0.15, 0.2) is 24.1 Å². The van der Waals surface area contributed by atoms with E-state index < -0.39 is 0 Å². The van der Waals surface area contributed by atoms with E-state index in [0.717, 1.165) is 5.75 Å². The molecule has 1 amide bonds. The molecule has 0 radical (unpaired) electrons. The lowest BCUT2D eigenvalue weighted by atomic mass is 10.5. The number of thioether (sulfide) groups is 1. The minimum absolute atomic E-state index is 0.169. The van der Waals surface area contributed by atoms with Crippen molar-refractivity contribution in [2.24, 2.45) is 0 Å². The number of hydrogen-bond acceptors (Lipinski definition) is 4. The van der Waals surface area contributed by atoms with Gasteiger partial charge in [-0.3, -0.25) is 0 Å². The Morgan fingerprint density at radius 1 is 1.69 bits per heavy atom. The van der Waals surface area contributed by atoms with E-state index >= 15 is 0 Å². The van der Waals surface area contributed by atoms with E-state index in [4.69, 9.17) is 0 Å². The lowest BCUT2D eigenvalue weighted by molar-refractivity contribution is 0.204. The standard InChI is InChI=1S/C10H16N4OS/c1-4-7-13(5-2)10(15)14-8-11-9(12-14)16-6-3/h4,8H,1,5-7H2,2-3H3. The molecule has 0 saturated heterocycles. The third-order valence-corrected chi connectivity index (χ3v) is 2.68. The van der Waals surface area contributed by atoms with Gasteiger partial charge >= 0.3 is 6.03 Å². The van der Waals surface area contributed by atoms with Crippen LogP contribution in [0.4, 0.5) is 4.79 Å². The first kappa shape index (κ1) is 12.8. The zero-order valence-electron chi connectivity index (χ0n) is 9.59. The summed E-state index contributed by atoms with van der Waals surface area (Å²) in [6, 6.07) is -0.169. The van der Waals surface area contributed by atoms with E-state index in [1.807, 2.05) is 13.8 Å². The van der Waals surface area contributed by atoms with Crippen molar-refractivity contribution in [3.8, 4) is 0 Å². The van der Waals surface area contributed by atoms with Crippen LogP contribution in [0.25, 0.3) is 0 Å². The average Bonchev–Trinajstić information content (AvgIpc) is 2.74. The Labute approximate surface area is 99.5 Å². The Hall–Kier alpha value is -1.30. The average molecular weight is 240 g/mol. The largest absolute Gasteiger partial charge is 0.346 e. The van der Waals surface area contributed by atoms with Crippen LogP contribution in [0.5, 0.6) is 0 Å². The molecule has 0 aliphatic heterocycles. The van der Waals surface area contributed by atoms with Crippen LogP contribution in [0.1, 0.15) is 13.8 Å². The number of hydrogen-bond donors (Lipinski definition) is 0. The number of likely N-dealkylation sites (N-methyl/N-ethyl adjacent to an activating group) is 1. The predicted octanol–water partition coefficient (Wildman–Crippen LogP) is 1.87. The second-order valence-electron chi connectivity index (χ2n) is 3.01. The summed E-state index contributed by atoms with van der Waals surface area (Å²) in [7, 11) is 0. The quantitative estimate of drug-likeness (QED) is 0.582. The molecule has 1 aromatic rings. The van der Waals surface area contributed by atoms with Gasteiger partial charge in [0.05, 0.1) is 0 Å². The molecule has 1 aromatic heterocycles. The van der Waals surface area contributed by atoms with Crippen LogP contribution < -0.4 is 0 Å². The van der Waals surface area contributed by atoms with Crippen molar-refractivity contribution in [3.05, 3.63) is 19.0 Å². The Morgan fingerprint density at radius 2 is 2.44 bits per heavy atom. The van der Waals surface area contributed by atoms with E-state index in [9.17, 15) is 4.79 Å². The number of aromatic nitrogens is 3. The Balaban J connectivity index is 2.73. The second-order valence-corrected chi connectivity index (χ2v) is 4.25. The van der Waals surface area contributed by atoms with Gasteiger partial charge in [-0.2, -0.15) is 4.68 Å². The smallest absolute Gasteiger partial charge is 0.319 e. The molecule has 88 valence electrons. The highest BCUT2D eigenvalue weighted by Crippen LogP contribution is 2.10. The second kappa shape index (κ2) is 6.32. The maximum Gasteiger partial charge on any atom is 0.346 e. The van der Waals surface area contributed by atoms with Crippen molar-refractivity contribution in [3.63, 3.8) is 0 Å². The summed E-state index contributed by atoms with van der Waals surface area (Å²) in [5.41, 5.74) is 0. The first-order valence-electron chi connectivity index (χ1n) is 5.17. The molecule has 0 saturated carbocycles. The first-order chi connectivity index (χ1) is 7.72. The zero-order chi connectivity index (χ0) is 12.0. The minimum atomic E-state index is -0.169. The fraction of sp³-hybridized carbons (Fsp3) is 0.500. The van der Waals surface area contributed by atoms with Crippen LogP contribution in [0.2, 0.25) is 0 Å². The summed E-state index contributed by atoms with van der Waals surface area (Å²) >= 11 is 1.51. The molecule has 5 nitrogen and oxygen atoms in total. The Morgan fingerprint density at radius 3 is 3.00 bits per heavy atom. The minimum Gasteiger partial charge on any atom is -0.319 e. The molecule has 0 aromatic carbocycles. The van der Waals surface area contributed by atoms with Crippen LogP contribution in [-0.2, 0) is 0 Å². The maximum atomic E-state index is 11.9. The van der Waals surface area contributed by atoms with Gasteiger partial charge in [0, 0.05) is 13.1 Å². The van der Waals surface area contributed by atoms with Gasteiger partial charge in [0.15, 0.2) is 0 Å². The van der Waals surface area contributed by atoms with Crippen LogP contribution in [0, 0.1) is 0 Å². The van der Waals surface area contributed by atoms with Crippen LogP contribution >= 0.6 is 11.8 Å². The third kappa shape index (κ3) is 3.10. The molecule has 0 aliphatic rings. The lowest BCUT2D eigenvalue weighted by Gasteiger charge is -2.17. The number of carbonyl (C=O) groups is 1. The molecule has 0 aliphatic carbocycles. The normalized spacial score (nSPS) is 10.1. The fourth-order valence-electron chi connectivity index (χ4n) is 1.18. The van der Waals surface area contributed by atoms with Crippen molar-refractivity contribution in [2.45, 2.75) is 19.0 Å². The van der Waals surface area contributed by atoms with Crippen molar-refractivity contribution < 1.29 is 4.79 Å². The first-order valence-corrected chi connectivity index (χ1v) is 6.16. The highest BCUT2D eigenvalue weighted by Gasteiger charge is 2.14. The van der Waals surface area contributed by atoms with E-state index in [1.165, 1.54) is 22.8 Å². The molecular formula is C10H16N4OS. The maximum absolute atomic E-state index is 11.9. The highest BCUT2D eigenvalue weighted by molar-refractivity contribution is 7.99. The summed E-state index contributed by atoms with van der Waals surface area (Å²) in [6.45, 7) is 8.69. The van der Waals surface area contributed by atoms with Gasteiger partial charge in [0.25, 0.3) is 0 Å². The molecule has 0 atom stereocenters. The molecule has 0 bridgehead atoms. The number of amides is 1. The van der Waals surface area contributed by atoms with Gasteiger partial charge in [-0.05, 0) is 12.7 Å². The van der Waals surface area contributed by atoms with Crippen molar-refractivity contribution >= 4 is 17.8 Å².